The van der Waals surface area contributed by atoms with Crippen LogP contribution in [0.25, 0.3) is 0 Å². The van der Waals surface area contributed by atoms with Gasteiger partial charge >= 0.3 is 12.4 Å². The molecule has 3 nitrogen and oxygen atoms in total. The first-order valence-electron chi connectivity index (χ1n) is 9.13. The average Bonchev–Trinajstić information content (AvgIpc) is 2.62. The molecule has 1 unspecified atom stereocenters. The highest BCUT2D eigenvalue weighted by Crippen LogP contribution is 2.37. The summed E-state index contributed by atoms with van der Waals surface area (Å²) in [5, 5.41) is 11.1. The highest BCUT2D eigenvalue weighted by molar-refractivity contribution is 5.37. The molecule has 0 amide bonds. The molecule has 0 fully saturated rings. The van der Waals surface area contributed by atoms with Crippen LogP contribution in [0.15, 0.2) is 36.4 Å². The van der Waals surface area contributed by atoms with Crippen molar-refractivity contribution >= 4 is 0 Å². The highest BCUT2D eigenvalue weighted by atomic mass is 19.4. The smallest absolute Gasteiger partial charge is 0.383 e. The van der Waals surface area contributed by atoms with Gasteiger partial charge in [-0.1, -0.05) is 18.2 Å². The van der Waals surface area contributed by atoms with Crippen molar-refractivity contribution in [2.24, 2.45) is 5.73 Å². The van der Waals surface area contributed by atoms with E-state index in [4.69, 9.17) is 10.5 Å². The fourth-order valence-corrected chi connectivity index (χ4v) is 3.22. The minimum atomic E-state index is -4.94. The first kappa shape index (κ1) is 24.2. The van der Waals surface area contributed by atoms with Crippen molar-refractivity contribution in [3.8, 4) is 0 Å². The Balaban J connectivity index is 2.28. The number of benzene rings is 2. The lowest BCUT2D eigenvalue weighted by Crippen LogP contribution is -2.35. The number of rotatable bonds is 7. The third-order valence-electron chi connectivity index (χ3n) is 4.92. The zero-order chi connectivity index (χ0) is 22.7. The van der Waals surface area contributed by atoms with Crippen molar-refractivity contribution in [2.45, 2.75) is 44.8 Å². The van der Waals surface area contributed by atoms with Gasteiger partial charge in [0.05, 0.1) is 24.3 Å². The van der Waals surface area contributed by atoms with Crippen molar-refractivity contribution in [3.05, 3.63) is 69.8 Å². The molecule has 2 rings (SSSR count). The molecule has 3 N–H and O–H groups in total. The quantitative estimate of drug-likeness (QED) is 0.596. The summed E-state index contributed by atoms with van der Waals surface area (Å²) < 4.78 is 83.3. The zero-order valence-electron chi connectivity index (χ0n) is 16.5. The van der Waals surface area contributed by atoms with Gasteiger partial charge in [-0.05, 0) is 67.3 Å². The Bertz CT molecular complexity index is 847. The molecule has 0 aliphatic carbocycles. The van der Waals surface area contributed by atoms with Crippen LogP contribution in [0.5, 0.6) is 0 Å². The fourth-order valence-electron chi connectivity index (χ4n) is 3.22. The third kappa shape index (κ3) is 5.74. The number of ether oxygens (including phenoxy) is 1. The van der Waals surface area contributed by atoms with E-state index in [-0.39, 0.29) is 31.2 Å². The van der Waals surface area contributed by atoms with Crippen molar-refractivity contribution < 1.29 is 36.2 Å². The Kier molecular flexibility index (Phi) is 7.21. The zero-order valence-corrected chi connectivity index (χ0v) is 16.5. The molecule has 1 atom stereocenters. The van der Waals surface area contributed by atoms with Crippen LogP contribution >= 0.6 is 0 Å². The van der Waals surface area contributed by atoms with E-state index in [0.29, 0.717) is 17.7 Å². The average molecular weight is 435 g/mol. The molecule has 0 radical (unpaired) electrons. The van der Waals surface area contributed by atoms with Gasteiger partial charge in [-0.2, -0.15) is 26.3 Å². The molecule has 166 valence electrons. The standard InChI is InChI=1S/C21H23F6NO2/c1-13-4-3-5-18(14(13)2)19(29,6-7-28)12-30-11-15-8-16(20(22,23)24)10-17(9-15)21(25,26)27/h3-5,8-10,29H,6-7,11-12,28H2,1-2H3. The Morgan fingerprint density at radius 1 is 0.933 bits per heavy atom. The second kappa shape index (κ2) is 8.95. The molecule has 0 aromatic heterocycles. The van der Waals surface area contributed by atoms with Crippen molar-refractivity contribution in [3.63, 3.8) is 0 Å². The third-order valence-corrected chi connectivity index (χ3v) is 4.92. The van der Waals surface area contributed by atoms with Gasteiger partial charge in [0.2, 0.25) is 0 Å². The molecule has 2 aromatic carbocycles. The molecule has 0 saturated carbocycles. The van der Waals surface area contributed by atoms with Crippen LogP contribution < -0.4 is 5.73 Å². The summed E-state index contributed by atoms with van der Waals surface area (Å²) in [6.45, 7) is 2.88. The van der Waals surface area contributed by atoms with E-state index in [1.165, 1.54) is 0 Å². The Morgan fingerprint density at radius 3 is 2.00 bits per heavy atom. The van der Waals surface area contributed by atoms with E-state index in [1.807, 2.05) is 13.0 Å². The van der Waals surface area contributed by atoms with Crippen molar-refractivity contribution in [1.29, 1.82) is 0 Å². The number of alkyl halides is 6. The fraction of sp³-hybridized carbons (Fsp3) is 0.429. The predicted molar refractivity (Wildman–Crippen MR) is 99.6 cm³/mol. The van der Waals surface area contributed by atoms with Crippen molar-refractivity contribution in [2.75, 3.05) is 13.2 Å². The van der Waals surface area contributed by atoms with Gasteiger partial charge in [0.25, 0.3) is 0 Å². The van der Waals surface area contributed by atoms with Crippen LogP contribution in [0.1, 0.15) is 39.8 Å². The maximum Gasteiger partial charge on any atom is 0.416 e. The first-order valence-corrected chi connectivity index (χ1v) is 9.13. The van der Waals surface area contributed by atoms with Crippen LogP contribution in [0, 0.1) is 13.8 Å². The number of aryl methyl sites for hydroxylation is 1. The van der Waals surface area contributed by atoms with E-state index in [2.05, 4.69) is 0 Å². The topological polar surface area (TPSA) is 55.5 Å². The number of halogens is 6. The largest absolute Gasteiger partial charge is 0.416 e. The van der Waals surface area contributed by atoms with Gasteiger partial charge in [0.1, 0.15) is 5.60 Å². The molecule has 9 heteroatoms. The van der Waals surface area contributed by atoms with Gasteiger partial charge in [0.15, 0.2) is 0 Å². The van der Waals surface area contributed by atoms with Gasteiger partial charge in [-0.3, -0.25) is 0 Å². The lowest BCUT2D eigenvalue weighted by atomic mass is 9.86. The predicted octanol–water partition coefficient (Wildman–Crippen LogP) is 5.09. The van der Waals surface area contributed by atoms with Gasteiger partial charge in [0, 0.05) is 0 Å². The molecule has 0 aliphatic rings. The normalized spacial score (nSPS) is 14.6. The monoisotopic (exact) mass is 435 g/mol. The molecular weight excluding hydrogens is 412 g/mol. The molecule has 0 heterocycles. The minimum Gasteiger partial charge on any atom is -0.383 e. The summed E-state index contributed by atoms with van der Waals surface area (Å²) in [4.78, 5) is 0. The van der Waals surface area contributed by atoms with Crippen molar-refractivity contribution in [1.82, 2.24) is 0 Å². The lowest BCUT2D eigenvalue weighted by Gasteiger charge is -2.30. The molecule has 2 aromatic rings. The lowest BCUT2D eigenvalue weighted by molar-refractivity contribution is -0.143. The van der Waals surface area contributed by atoms with E-state index in [1.54, 1.807) is 19.1 Å². The maximum atomic E-state index is 13.0. The number of hydrogen-bond donors (Lipinski definition) is 2. The van der Waals surface area contributed by atoms with Crippen LogP contribution in [-0.4, -0.2) is 18.3 Å². The van der Waals surface area contributed by atoms with Gasteiger partial charge in [-0.25, -0.2) is 0 Å². The molecular formula is C21H23F6NO2. The van der Waals surface area contributed by atoms with Gasteiger partial charge < -0.3 is 15.6 Å². The van der Waals surface area contributed by atoms with Crippen LogP contribution in [0.2, 0.25) is 0 Å². The maximum absolute atomic E-state index is 13.0. The van der Waals surface area contributed by atoms with E-state index in [0.717, 1.165) is 11.1 Å². The molecule has 0 saturated heterocycles. The Morgan fingerprint density at radius 2 is 1.50 bits per heavy atom. The molecule has 0 spiro atoms. The Labute approximate surface area is 170 Å². The number of hydrogen-bond acceptors (Lipinski definition) is 3. The van der Waals surface area contributed by atoms with E-state index < -0.39 is 35.7 Å². The first-order chi connectivity index (χ1) is 13.8. The summed E-state index contributed by atoms with van der Waals surface area (Å²) >= 11 is 0. The van der Waals surface area contributed by atoms with E-state index in [9.17, 15) is 31.4 Å². The minimum absolute atomic E-state index is 0.0599. The summed E-state index contributed by atoms with van der Waals surface area (Å²) in [5.41, 5.74) is 3.20. The Hall–Kier alpha value is -2.10. The SMILES string of the molecule is Cc1cccc(C(O)(CCN)COCc2cc(C(F)(F)F)cc(C(F)(F)F)c2)c1C. The molecule has 0 aliphatic heterocycles. The summed E-state index contributed by atoms with van der Waals surface area (Å²) in [7, 11) is 0. The van der Waals surface area contributed by atoms with Crippen LogP contribution in [0.3, 0.4) is 0 Å². The second-order valence-electron chi connectivity index (χ2n) is 7.22. The van der Waals surface area contributed by atoms with Gasteiger partial charge in [-0.15, -0.1) is 0 Å². The summed E-state index contributed by atoms with van der Waals surface area (Å²) in [6, 6.07) is 6.55. The number of nitrogens with two attached hydrogens (primary N) is 1. The molecule has 30 heavy (non-hydrogen) atoms. The van der Waals surface area contributed by atoms with E-state index >= 15 is 0 Å². The highest BCUT2D eigenvalue weighted by Gasteiger charge is 2.37. The summed E-state index contributed by atoms with van der Waals surface area (Å²) in [6.07, 6.45) is -9.77. The molecule has 0 bridgehead atoms. The second-order valence-corrected chi connectivity index (χ2v) is 7.22. The van der Waals surface area contributed by atoms with Crippen LogP contribution in [-0.2, 0) is 29.3 Å². The summed E-state index contributed by atoms with van der Waals surface area (Å²) in [5.74, 6) is 0. The van der Waals surface area contributed by atoms with Crippen LogP contribution in [0.4, 0.5) is 26.3 Å². The number of aliphatic hydroxyl groups is 1.